The number of carbonyl (C=O) groups is 2. The van der Waals surface area contributed by atoms with Gasteiger partial charge >= 0.3 is 0 Å². The maximum atomic E-state index is 12.9. The highest BCUT2D eigenvalue weighted by molar-refractivity contribution is 8.00. The van der Waals surface area contributed by atoms with E-state index in [1.807, 2.05) is 42.5 Å². The van der Waals surface area contributed by atoms with Gasteiger partial charge in [-0.3, -0.25) is 9.59 Å². The highest BCUT2D eigenvalue weighted by atomic mass is 32.2. The van der Waals surface area contributed by atoms with Crippen molar-refractivity contribution in [2.24, 2.45) is 0 Å². The Kier molecular flexibility index (Phi) is 10.3. The molecule has 2 amide bonds. The molecule has 4 rings (SSSR count). The average Bonchev–Trinajstić information content (AvgIpc) is 2.97. The summed E-state index contributed by atoms with van der Waals surface area (Å²) in [5, 5.41) is 6.26. The predicted octanol–water partition coefficient (Wildman–Crippen LogP) is 7.36. The van der Waals surface area contributed by atoms with E-state index in [-0.39, 0.29) is 18.4 Å². The standard InChI is InChI=1S/C33H34N2O2S2/c1-25(2)38-23-22-31(36)34-24-32(37)35-29-20-12-13-21-30(29)39-33(26-14-6-3-7-15-26,27-16-8-4-9-17-27)28-18-10-5-11-19-28/h3-21,25H,22-24H2,1-2H3,(H,34,36)(H,35,37). The van der Waals surface area contributed by atoms with Gasteiger partial charge in [-0.05, 0) is 34.1 Å². The molecule has 200 valence electrons. The van der Waals surface area contributed by atoms with Gasteiger partial charge in [0.25, 0.3) is 0 Å². The quantitative estimate of drug-likeness (QED) is 0.142. The molecule has 0 radical (unpaired) electrons. The number of hydrogen-bond acceptors (Lipinski definition) is 4. The molecule has 6 heteroatoms. The van der Waals surface area contributed by atoms with Gasteiger partial charge in [-0.25, -0.2) is 0 Å². The number of anilines is 1. The van der Waals surface area contributed by atoms with Crippen LogP contribution in [0, 0.1) is 0 Å². The molecule has 0 saturated carbocycles. The first kappa shape index (κ1) is 28.5. The number of nitrogens with one attached hydrogen (secondary N) is 2. The molecule has 0 bridgehead atoms. The van der Waals surface area contributed by atoms with Crippen LogP contribution in [-0.4, -0.2) is 29.4 Å². The lowest BCUT2D eigenvalue weighted by atomic mass is 9.84. The molecule has 39 heavy (non-hydrogen) atoms. The van der Waals surface area contributed by atoms with E-state index in [9.17, 15) is 9.59 Å². The fraction of sp³-hybridized carbons (Fsp3) is 0.212. The van der Waals surface area contributed by atoms with Gasteiger partial charge in [0.2, 0.25) is 11.8 Å². The van der Waals surface area contributed by atoms with Gasteiger partial charge in [0.05, 0.1) is 17.0 Å². The van der Waals surface area contributed by atoms with Crippen LogP contribution < -0.4 is 10.6 Å². The van der Waals surface area contributed by atoms with E-state index in [1.165, 1.54) is 0 Å². The molecule has 0 saturated heterocycles. The first-order valence-electron chi connectivity index (χ1n) is 13.1. The second-order valence-corrected chi connectivity index (χ2v) is 12.3. The molecule has 0 aliphatic carbocycles. The fourth-order valence-electron chi connectivity index (χ4n) is 4.37. The van der Waals surface area contributed by atoms with Crippen molar-refractivity contribution >= 4 is 41.0 Å². The maximum Gasteiger partial charge on any atom is 0.243 e. The molecular formula is C33H34N2O2S2. The third-order valence-corrected chi connectivity index (χ3v) is 8.89. The first-order valence-corrected chi connectivity index (χ1v) is 15.0. The second kappa shape index (κ2) is 14.1. The Labute approximate surface area is 240 Å². The van der Waals surface area contributed by atoms with Crippen LogP contribution in [0.2, 0.25) is 0 Å². The summed E-state index contributed by atoms with van der Waals surface area (Å²) in [5.41, 5.74) is 4.13. The number of amides is 2. The van der Waals surface area contributed by atoms with Crippen molar-refractivity contribution in [1.29, 1.82) is 0 Å². The number of hydrogen-bond donors (Lipinski definition) is 2. The summed E-state index contributed by atoms with van der Waals surface area (Å²) < 4.78 is -0.563. The Morgan fingerprint density at radius 1 is 0.692 bits per heavy atom. The van der Waals surface area contributed by atoms with Gasteiger partial charge in [-0.2, -0.15) is 11.8 Å². The van der Waals surface area contributed by atoms with Gasteiger partial charge in [0, 0.05) is 17.1 Å². The minimum absolute atomic E-state index is 0.0641. The Morgan fingerprint density at radius 3 is 1.69 bits per heavy atom. The highest BCUT2D eigenvalue weighted by Gasteiger charge is 2.38. The lowest BCUT2D eigenvalue weighted by molar-refractivity contribution is -0.123. The van der Waals surface area contributed by atoms with Crippen molar-refractivity contribution in [3.63, 3.8) is 0 Å². The zero-order valence-electron chi connectivity index (χ0n) is 22.3. The van der Waals surface area contributed by atoms with E-state index in [4.69, 9.17) is 0 Å². The average molecular weight is 555 g/mol. The van der Waals surface area contributed by atoms with E-state index in [2.05, 4.69) is 97.3 Å². The van der Waals surface area contributed by atoms with Gasteiger partial charge < -0.3 is 10.6 Å². The van der Waals surface area contributed by atoms with Crippen LogP contribution in [-0.2, 0) is 14.3 Å². The maximum absolute atomic E-state index is 12.9. The summed E-state index contributed by atoms with van der Waals surface area (Å²) >= 11 is 3.43. The molecule has 2 N–H and O–H groups in total. The molecule has 0 aliphatic heterocycles. The van der Waals surface area contributed by atoms with E-state index in [1.54, 1.807) is 23.5 Å². The SMILES string of the molecule is CC(C)SCCC(=O)NCC(=O)Nc1ccccc1SC(c1ccccc1)(c1ccccc1)c1ccccc1. The number of carbonyl (C=O) groups excluding carboxylic acids is 2. The van der Waals surface area contributed by atoms with Crippen molar-refractivity contribution in [2.45, 2.75) is 35.2 Å². The summed E-state index contributed by atoms with van der Waals surface area (Å²) in [4.78, 5) is 26.0. The molecule has 0 fully saturated rings. The minimum atomic E-state index is -0.563. The van der Waals surface area contributed by atoms with Gasteiger partial charge in [0.15, 0.2) is 0 Å². The zero-order valence-corrected chi connectivity index (χ0v) is 23.9. The fourth-order valence-corrected chi connectivity index (χ4v) is 6.61. The second-order valence-electron chi connectivity index (χ2n) is 9.37. The molecule has 0 spiro atoms. The minimum Gasteiger partial charge on any atom is -0.347 e. The Bertz CT molecular complexity index is 1250. The van der Waals surface area contributed by atoms with Crippen LogP contribution in [0.4, 0.5) is 5.69 Å². The van der Waals surface area contributed by atoms with Crippen LogP contribution in [0.1, 0.15) is 37.0 Å². The van der Waals surface area contributed by atoms with E-state index in [0.29, 0.717) is 17.4 Å². The van der Waals surface area contributed by atoms with Crippen LogP contribution in [0.3, 0.4) is 0 Å². The third-order valence-electron chi connectivity index (χ3n) is 6.19. The van der Waals surface area contributed by atoms with Gasteiger partial charge in [-0.1, -0.05) is 117 Å². The van der Waals surface area contributed by atoms with Crippen molar-refractivity contribution in [3.8, 4) is 0 Å². The topological polar surface area (TPSA) is 58.2 Å². The molecule has 4 aromatic carbocycles. The highest BCUT2D eigenvalue weighted by Crippen LogP contribution is 2.52. The van der Waals surface area contributed by atoms with Crippen LogP contribution in [0.5, 0.6) is 0 Å². The first-order chi connectivity index (χ1) is 19.0. The summed E-state index contributed by atoms with van der Waals surface area (Å²) in [6.07, 6.45) is 0.399. The van der Waals surface area contributed by atoms with Gasteiger partial charge in [-0.15, -0.1) is 11.8 Å². The number of thioether (sulfide) groups is 2. The predicted molar refractivity (Wildman–Crippen MR) is 165 cm³/mol. The van der Waals surface area contributed by atoms with E-state index < -0.39 is 4.75 Å². The summed E-state index contributed by atoms with van der Waals surface area (Å²) in [6, 6.07) is 39.2. The lowest BCUT2D eigenvalue weighted by Crippen LogP contribution is -2.33. The number of rotatable bonds is 12. The van der Waals surface area contributed by atoms with Crippen LogP contribution in [0.25, 0.3) is 0 Å². The van der Waals surface area contributed by atoms with Crippen molar-refractivity contribution in [1.82, 2.24) is 5.32 Å². The number of benzene rings is 4. The summed E-state index contributed by atoms with van der Waals surface area (Å²) in [6.45, 7) is 4.15. The molecule has 4 nitrogen and oxygen atoms in total. The van der Waals surface area contributed by atoms with Crippen molar-refractivity contribution in [3.05, 3.63) is 132 Å². The zero-order chi connectivity index (χ0) is 27.5. The van der Waals surface area contributed by atoms with Gasteiger partial charge in [0.1, 0.15) is 0 Å². The van der Waals surface area contributed by atoms with Crippen LogP contribution in [0.15, 0.2) is 120 Å². The Morgan fingerprint density at radius 2 is 1.18 bits per heavy atom. The summed E-state index contributed by atoms with van der Waals surface area (Å²) in [5.74, 6) is 0.375. The van der Waals surface area contributed by atoms with Crippen molar-refractivity contribution in [2.75, 3.05) is 17.6 Å². The smallest absolute Gasteiger partial charge is 0.243 e. The van der Waals surface area contributed by atoms with Crippen LogP contribution >= 0.6 is 23.5 Å². The number of para-hydroxylation sites is 1. The monoisotopic (exact) mass is 554 g/mol. The largest absolute Gasteiger partial charge is 0.347 e. The molecule has 0 atom stereocenters. The molecule has 0 unspecified atom stereocenters. The molecule has 0 heterocycles. The molecule has 0 aromatic heterocycles. The molecule has 4 aromatic rings. The normalized spacial score (nSPS) is 11.3. The lowest BCUT2D eigenvalue weighted by Gasteiger charge is -2.36. The third kappa shape index (κ3) is 7.55. The molecule has 0 aliphatic rings. The Hall–Kier alpha value is -3.48. The van der Waals surface area contributed by atoms with E-state index >= 15 is 0 Å². The molecular weight excluding hydrogens is 521 g/mol. The van der Waals surface area contributed by atoms with Crippen molar-refractivity contribution < 1.29 is 9.59 Å². The summed E-state index contributed by atoms with van der Waals surface area (Å²) in [7, 11) is 0. The Balaban J connectivity index is 1.63. The van der Waals surface area contributed by atoms with E-state index in [0.717, 1.165) is 27.3 Å².